The van der Waals surface area contributed by atoms with Crippen molar-refractivity contribution in [3.8, 4) is 0 Å². The van der Waals surface area contributed by atoms with Crippen LogP contribution in [0.4, 0.5) is 0 Å². The lowest BCUT2D eigenvalue weighted by Gasteiger charge is -2.34. The van der Waals surface area contributed by atoms with Crippen LogP contribution < -0.4 is 5.73 Å². The van der Waals surface area contributed by atoms with Crippen LogP contribution in [0, 0.1) is 5.92 Å². The fourth-order valence-electron chi connectivity index (χ4n) is 3.59. The molecule has 2 saturated carbocycles. The van der Waals surface area contributed by atoms with E-state index in [2.05, 4.69) is 11.9 Å². The SMILES string of the molecule is CN(CCC1CCCCC1)C1CCC(N)CC1. The van der Waals surface area contributed by atoms with Crippen LogP contribution >= 0.6 is 0 Å². The van der Waals surface area contributed by atoms with Gasteiger partial charge in [0.05, 0.1) is 0 Å². The zero-order valence-corrected chi connectivity index (χ0v) is 11.5. The summed E-state index contributed by atoms with van der Waals surface area (Å²) in [4.78, 5) is 2.61. The molecule has 2 N–H and O–H groups in total. The molecule has 0 aromatic carbocycles. The maximum absolute atomic E-state index is 5.97. The van der Waals surface area contributed by atoms with Gasteiger partial charge in [0.25, 0.3) is 0 Å². The normalized spacial score (nSPS) is 31.9. The van der Waals surface area contributed by atoms with Crippen molar-refractivity contribution in [1.82, 2.24) is 4.90 Å². The molecule has 0 aliphatic heterocycles. The minimum absolute atomic E-state index is 0.484. The molecule has 100 valence electrons. The van der Waals surface area contributed by atoms with Gasteiger partial charge in [-0.3, -0.25) is 0 Å². The fourth-order valence-corrected chi connectivity index (χ4v) is 3.59. The van der Waals surface area contributed by atoms with E-state index < -0.39 is 0 Å². The lowest BCUT2D eigenvalue weighted by molar-refractivity contribution is 0.166. The lowest BCUT2D eigenvalue weighted by Crippen LogP contribution is -2.39. The summed E-state index contributed by atoms with van der Waals surface area (Å²) in [6.45, 7) is 1.31. The van der Waals surface area contributed by atoms with Crippen LogP contribution in [0.1, 0.15) is 64.2 Å². The molecule has 0 aromatic heterocycles. The topological polar surface area (TPSA) is 29.3 Å². The lowest BCUT2D eigenvalue weighted by atomic mass is 9.86. The van der Waals surface area contributed by atoms with E-state index in [0.29, 0.717) is 6.04 Å². The van der Waals surface area contributed by atoms with Gasteiger partial charge in [0.1, 0.15) is 0 Å². The molecule has 0 spiro atoms. The molecule has 2 aliphatic carbocycles. The van der Waals surface area contributed by atoms with Crippen molar-refractivity contribution in [2.24, 2.45) is 11.7 Å². The molecule has 2 fully saturated rings. The van der Waals surface area contributed by atoms with Crippen LogP contribution in [-0.2, 0) is 0 Å². The van der Waals surface area contributed by atoms with Gasteiger partial charge in [0, 0.05) is 12.1 Å². The van der Waals surface area contributed by atoms with Crippen LogP contribution in [0.15, 0.2) is 0 Å². The standard InChI is InChI=1S/C15H30N2/c1-17(15-9-7-14(16)8-10-15)12-11-13-5-3-2-4-6-13/h13-15H,2-12,16H2,1H3. The first-order valence-corrected chi connectivity index (χ1v) is 7.71. The van der Waals surface area contributed by atoms with Crippen molar-refractivity contribution in [2.45, 2.75) is 76.3 Å². The molecule has 0 heterocycles. The summed E-state index contributed by atoms with van der Waals surface area (Å²) in [7, 11) is 2.32. The quantitative estimate of drug-likeness (QED) is 0.815. The third-order valence-electron chi connectivity index (χ3n) is 4.98. The monoisotopic (exact) mass is 238 g/mol. The Morgan fingerprint density at radius 3 is 2.24 bits per heavy atom. The number of hydrogen-bond donors (Lipinski definition) is 1. The molecule has 2 rings (SSSR count). The molecule has 0 saturated heterocycles. The van der Waals surface area contributed by atoms with E-state index in [-0.39, 0.29) is 0 Å². The molecule has 2 heteroatoms. The highest BCUT2D eigenvalue weighted by molar-refractivity contribution is 4.80. The highest BCUT2D eigenvalue weighted by Crippen LogP contribution is 2.27. The van der Waals surface area contributed by atoms with E-state index in [1.54, 1.807) is 0 Å². The van der Waals surface area contributed by atoms with Crippen molar-refractivity contribution in [3.63, 3.8) is 0 Å². The Morgan fingerprint density at radius 2 is 1.59 bits per heavy atom. The predicted octanol–water partition coefficient (Wildman–Crippen LogP) is 3.16. The van der Waals surface area contributed by atoms with Gasteiger partial charge >= 0.3 is 0 Å². The van der Waals surface area contributed by atoms with Crippen LogP contribution in [0.5, 0.6) is 0 Å². The van der Waals surface area contributed by atoms with Crippen molar-refractivity contribution < 1.29 is 0 Å². The molecule has 2 nitrogen and oxygen atoms in total. The van der Waals surface area contributed by atoms with Gasteiger partial charge in [0.2, 0.25) is 0 Å². The largest absolute Gasteiger partial charge is 0.328 e. The summed E-state index contributed by atoms with van der Waals surface area (Å²) in [5, 5.41) is 0. The molecule has 2 aliphatic rings. The zero-order valence-electron chi connectivity index (χ0n) is 11.5. The molecule has 0 atom stereocenters. The molecule has 0 bridgehead atoms. The van der Waals surface area contributed by atoms with Gasteiger partial charge in [-0.05, 0) is 51.6 Å². The van der Waals surface area contributed by atoms with E-state index >= 15 is 0 Å². The van der Waals surface area contributed by atoms with Crippen molar-refractivity contribution in [3.05, 3.63) is 0 Å². The van der Waals surface area contributed by atoms with Gasteiger partial charge in [-0.2, -0.15) is 0 Å². The van der Waals surface area contributed by atoms with E-state index in [1.807, 2.05) is 0 Å². The van der Waals surface area contributed by atoms with Gasteiger partial charge in [0.15, 0.2) is 0 Å². The fraction of sp³-hybridized carbons (Fsp3) is 1.00. The summed E-state index contributed by atoms with van der Waals surface area (Å²) in [5.41, 5.74) is 5.97. The average molecular weight is 238 g/mol. The second-order valence-corrected chi connectivity index (χ2v) is 6.34. The Hall–Kier alpha value is -0.0800. The molecular weight excluding hydrogens is 208 g/mol. The molecule has 0 aromatic rings. The molecule has 0 amide bonds. The first-order chi connectivity index (χ1) is 8.25. The molecule has 0 unspecified atom stereocenters. The van der Waals surface area contributed by atoms with Crippen LogP contribution in [0.3, 0.4) is 0 Å². The zero-order chi connectivity index (χ0) is 12.1. The Morgan fingerprint density at radius 1 is 0.941 bits per heavy atom. The number of nitrogens with zero attached hydrogens (tertiary/aromatic N) is 1. The second kappa shape index (κ2) is 6.75. The number of rotatable bonds is 4. The smallest absolute Gasteiger partial charge is 0.00933 e. The van der Waals surface area contributed by atoms with Gasteiger partial charge in [-0.25, -0.2) is 0 Å². The predicted molar refractivity (Wildman–Crippen MR) is 74.1 cm³/mol. The van der Waals surface area contributed by atoms with E-state index in [9.17, 15) is 0 Å². The van der Waals surface area contributed by atoms with E-state index in [1.165, 1.54) is 70.8 Å². The van der Waals surface area contributed by atoms with Gasteiger partial charge in [-0.15, -0.1) is 0 Å². The van der Waals surface area contributed by atoms with Crippen molar-refractivity contribution >= 4 is 0 Å². The number of nitrogens with two attached hydrogens (primary N) is 1. The second-order valence-electron chi connectivity index (χ2n) is 6.34. The maximum Gasteiger partial charge on any atom is 0.00933 e. The van der Waals surface area contributed by atoms with E-state index in [4.69, 9.17) is 5.73 Å². The average Bonchev–Trinajstić information content (AvgIpc) is 2.38. The highest BCUT2D eigenvalue weighted by Gasteiger charge is 2.22. The Kier molecular flexibility index (Phi) is 5.30. The molecule has 0 radical (unpaired) electrons. The Labute approximate surface area is 107 Å². The summed E-state index contributed by atoms with van der Waals surface area (Å²) < 4.78 is 0. The van der Waals surface area contributed by atoms with Crippen molar-refractivity contribution in [1.29, 1.82) is 0 Å². The summed E-state index contributed by atoms with van der Waals surface area (Å²) >= 11 is 0. The highest BCUT2D eigenvalue weighted by atomic mass is 15.1. The van der Waals surface area contributed by atoms with Crippen molar-refractivity contribution in [2.75, 3.05) is 13.6 Å². The summed E-state index contributed by atoms with van der Waals surface area (Å²) in [5.74, 6) is 1.03. The first-order valence-electron chi connectivity index (χ1n) is 7.71. The Balaban J connectivity index is 1.64. The third kappa shape index (κ3) is 4.26. The van der Waals surface area contributed by atoms with Crippen LogP contribution in [0.2, 0.25) is 0 Å². The molecule has 17 heavy (non-hydrogen) atoms. The van der Waals surface area contributed by atoms with Crippen LogP contribution in [-0.4, -0.2) is 30.6 Å². The minimum atomic E-state index is 0.484. The Bertz CT molecular complexity index is 203. The van der Waals surface area contributed by atoms with Gasteiger partial charge < -0.3 is 10.6 Å². The van der Waals surface area contributed by atoms with E-state index in [0.717, 1.165) is 12.0 Å². The molecular formula is C15H30N2. The minimum Gasteiger partial charge on any atom is -0.328 e. The van der Waals surface area contributed by atoms with Gasteiger partial charge in [-0.1, -0.05) is 32.1 Å². The first kappa shape index (κ1) is 13.4. The summed E-state index contributed by atoms with van der Waals surface area (Å²) in [6.07, 6.45) is 14.0. The third-order valence-corrected chi connectivity index (χ3v) is 4.98. The van der Waals surface area contributed by atoms with Crippen LogP contribution in [0.25, 0.3) is 0 Å². The number of hydrogen-bond acceptors (Lipinski definition) is 2. The maximum atomic E-state index is 5.97. The summed E-state index contributed by atoms with van der Waals surface area (Å²) in [6, 6.07) is 1.30.